The lowest BCUT2D eigenvalue weighted by Gasteiger charge is -2.35. The van der Waals surface area contributed by atoms with E-state index in [9.17, 15) is 4.39 Å². The van der Waals surface area contributed by atoms with Crippen LogP contribution in [0.5, 0.6) is 0 Å². The number of rotatable bonds is 3. The Labute approximate surface area is 144 Å². The smallest absolute Gasteiger partial charge is 0.225 e. The second kappa shape index (κ2) is 6.42. The summed E-state index contributed by atoms with van der Waals surface area (Å²) in [5.74, 6) is 2.45. The fourth-order valence-corrected chi connectivity index (χ4v) is 2.82. The van der Waals surface area contributed by atoms with E-state index in [2.05, 4.69) is 29.9 Å². The van der Waals surface area contributed by atoms with Crippen LogP contribution in [-0.2, 0) is 0 Å². The van der Waals surface area contributed by atoms with Crippen molar-refractivity contribution >= 4 is 11.8 Å². The van der Waals surface area contributed by atoms with Crippen molar-refractivity contribution < 1.29 is 4.39 Å². The molecule has 0 bridgehead atoms. The van der Waals surface area contributed by atoms with Crippen molar-refractivity contribution in [3.63, 3.8) is 0 Å². The monoisotopic (exact) mass is 340 g/mol. The van der Waals surface area contributed by atoms with Gasteiger partial charge in [-0.2, -0.15) is 5.10 Å². The van der Waals surface area contributed by atoms with Gasteiger partial charge in [0.15, 0.2) is 11.6 Å². The quantitative estimate of drug-likeness (QED) is 0.710. The van der Waals surface area contributed by atoms with Gasteiger partial charge in [-0.15, -0.1) is 0 Å². The summed E-state index contributed by atoms with van der Waals surface area (Å²) in [6, 6.07) is 3.79. The fraction of sp³-hybridized carbons (Fsp3) is 0.312. The molecule has 128 valence electrons. The number of hydrogen-bond acceptors (Lipinski definition) is 7. The van der Waals surface area contributed by atoms with Crippen molar-refractivity contribution in [1.29, 1.82) is 0 Å². The molecule has 1 saturated heterocycles. The summed E-state index contributed by atoms with van der Waals surface area (Å²) >= 11 is 0. The van der Waals surface area contributed by atoms with Crippen LogP contribution in [0.4, 0.5) is 16.2 Å². The maximum absolute atomic E-state index is 13.0. The number of hydrogen-bond donors (Lipinski definition) is 0. The Kier molecular flexibility index (Phi) is 3.96. The highest BCUT2D eigenvalue weighted by atomic mass is 19.1. The molecule has 25 heavy (non-hydrogen) atoms. The minimum atomic E-state index is -0.426. The molecule has 8 nitrogen and oxygen atoms in total. The third kappa shape index (κ3) is 3.25. The van der Waals surface area contributed by atoms with Gasteiger partial charge in [0.25, 0.3) is 0 Å². The molecule has 1 fully saturated rings. The van der Waals surface area contributed by atoms with Crippen molar-refractivity contribution in [3.8, 4) is 5.82 Å². The Balaban J connectivity index is 1.50. The topological polar surface area (TPSA) is 75.9 Å². The summed E-state index contributed by atoms with van der Waals surface area (Å²) in [6.07, 6.45) is 5.96. The predicted octanol–water partition coefficient (Wildman–Crippen LogP) is 1.23. The van der Waals surface area contributed by atoms with Crippen LogP contribution in [0.15, 0.2) is 36.9 Å². The van der Waals surface area contributed by atoms with Crippen molar-refractivity contribution in [2.24, 2.45) is 0 Å². The minimum Gasteiger partial charge on any atom is -0.353 e. The van der Waals surface area contributed by atoms with E-state index < -0.39 is 5.82 Å². The van der Waals surface area contributed by atoms with E-state index >= 15 is 0 Å². The minimum absolute atomic E-state index is 0.426. The van der Waals surface area contributed by atoms with Crippen LogP contribution in [0.2, 0.25) is 0 Å². The second-order valence-corrected chi connectivity index (χ2v) is 5.76. The van der Waals surface area contributed by atoms with Crippen molar-refractivity contribution in [2.75, 3.05) is 36.0 Å². The Morgan fingerprint density at radius 3 is 2.32 bits per heavy atom. The number of halogens is 1. The average molecular weight is 340 g/mol. The molecule has 0 aliphatic carbocycles. The summed E-state index contributed by atoms with van der Waals surface area (Å²) < 4.78 is 14.7. The third-order valence-corrected chi connectivity index (χ3v) is 4.04. The molecule has 0 atom stereocenters. The number of piperazine rings is 1. The molecule has 3 aromatic heterocycles. The standard InChI is InChI=1S/C16H17FN8/c1-12-21-14(9-15(22-12)25-4-2-3-20-25)23-5-7-24(8-6-23)16-18-10-13(17)11-19-16/h2-4,9-11H,5-8H2,1H3. The molecule has 0 saturated carbocycles. The van der Waals surface area contributed by atoms with Crippen LogP contribution >= 0.6 is 0 Å². The van der Waals surface area contributed by atoms with E-state index in [1.807, 2.05) is 30.2 Å². The van der Waals surface area contributed by atoms with Crippen LogP contribution in [0.3, 0.4) is 0 Å². The molecule has 4 heterocycles. The van der Waals surface area contributed by atoms with E-state index in [-0.39, 0.29) is 0 Å². The van der Waals surface area contributed by atoms with Crippen molar-refractivity contribution in [3.05, 3.63) is 48.6 Å². The van der Waals surface area contributed by atoms with Crippen LogP contribution in [0.25, 0.3) is 5.82 Å². The Bertz CT molecular complexity index is 841. The first-order chi connectivity index (χ1) is 12.2. The van der Waals surface area contributed by atoms with Gasteiger partial charge in [0.1, 0.15) is 11.6 Å². The molecular formula is C16H17FN8. The molecule has 1 aliphatic heterocycles. The molecule has 0 radical (unpaired) electrons. The zero-order valence-corrected chi connectivity index (χ0v) is 13.7. The highest BCUT2D eigenvalue weighted by Crippen LogP contribution is 2.18. The summed E-state index contributed by atoms with van der Waals surface area (Å²) in [5.41, 5.74) is 0. The van der Waals surface area contributed by atoms with Gasteiger partial charge in [-0.3, -0.25) is 0 Å². The first-order valence-corrected chi connectivity index (χ1v) is 8.02. The van der Waals surface area contributed by atoms with E-state index in [1.165, 1.54) is 12.4 Å². The normalized spacial score (nSPS) is 14.8. The third-order valence-electron chi connectivity index (χ3n) is 4.04. The molecular weight excluding hydrogens is 323 g/mol. The predicted molar refractivity (Wildman–Crippen MR) is 90.3 cm³/mol. The summed E-state index contributed by atoms with van der Waals surface area (Å²) in [6.45, 7) is 4.90. The number of nitrogens with zero attached hydrogens (tertiary/aromatic N) is 8. The Morgan fingerprint density at radius 2 is 1.64 bits per heavy atom. The van der Waals surface area contributed by atoms with Gasteiger partial charge in [0.2, 0.25) is 5.95 Å². The summed E-state index contributed by atoms with van der Waals surface area (Å²) in [7, 11) is 0. The first kappa shape index (κ1) is 15.4. The van der Waals surface area contributed by atoms with Crippen molar-refractivity contribution in [2.45, 2.75) is 6.92 Å². The largest absolute Gasteiger partial charge is 0.353 e. The molecule has 0 aromatic carbocycles. The average Bonchev–Trinajstić information content (AvgIpc) is 3.17. The van der Waals surface area contributed by atoms with Gasteiger partial charge >= 0.3 is 0 Å². The van der Waals surface area contributed by atoms with Gasteiger partial charge in [0.05, 0.1) is 12.4 Å². The zero-order valence-electron chi connectivity index (χ0n) is 13.7. The Morgan fingerprint density at radius 1 is 0.960 bits per heavy atom. The van der Waals surface area contributed by atoms with Gasteiger partial charge in [-0.1, -0.05) is 0 Å². The molecule has 0 amide bonds. The van der Waals surface area contributed by atoms with Gasteiger partial charge in [-0.05, 0) is 13.0 Å². The number of aryl methyl sites for hydroxylation is 1. The maximum Gasteiger partial charge on any atom is 0.225 e. The van der Waals surface area contributed by atoms with Gasteiger partial charge < -0.3 is 9.80 Å². The summed E-state index contributed by atoms with van der Waals surface area (Å²) in [4.78, 5) is 21.3. The lowest BCUT2D eigenvalue weighted by molar-refractivity contribution is 0.601. The van der Waals surface area contributed by atoms with E-state index in [0.29, 0.717) is 11.8 Å². The highest BCUT2D eigenvalue weighted by molar-refractivity contribution is 5.46. The second-order valence-electron chi connectivity index (χ2n) is 5.76. The lowest BCUT2D eigenvalue weighted by atomic mass is 10.3. The number of aromatic nitrogens is 6. The highest BCUT2D eigenvalue weighted by Gasteiger charge is 2.21. The lowest BCUT2D eigenvalue weighted by Crippen LogP contribution is -2.47. The molecule has 4 rings (SSSR count). The van der Waals surface area contributed by atoms with Crippen LogP contribution < -0.4 is 9.80 Å². The maximum atomic E-state index is 13.0. The van der Waals surface area contributed by atoms with Crippen LogP contribution in [0, 0.1) is 12.7 Å². The molecule has 0 spiro atoms. The van der Waals surface area contributed by atoms with E-state index in [1.54, 1.807) is 10.9 Å². The molecule has 0 unspecified atom stereocenters. The van der Waals surface area contributed by atoms with E-state index in [4.69, 9.17) is 0 Å². The van der Waals surface area contributed by atoms with Crippen LogP contribution in [0.1, 0.15) is 5.82 Å². The van der Waals surface area contributed by atoms with Crippen LogP contribution in [-0.4, -0.2) is 55.9 Å². The number of anilines is 2. The first-order valence-electron chi connectivity index (χ1n) is 8.02. The molecule has 0 N–H and O–H groups in total. The SMILES string of the molecule is Cc1nc(N2CCN(c3ncc(F)cn3)CC2)cc(-n2cccn2)n1. The molecule has 9 heteroatoms. The fourth-order valence-electron chi connectivity index (χ4n) is 2.82. The molecule has 3 aromatic rings. The zero-order chi connectivity index (χ0) is 17.2. The summed E-state index contributed by atoms with van der Waals surface area (Å²) in [5, 5.41) is 4.23. The van der Waals surface area contributed by atoms with E-state index in [0.717, 1.165) is 37.8 Å². The van der Waals surface area contributed by atoms with Gasteiger partial charge in [-0.25, -0.2) is 29.0 Å². The van der Waals surface area contributed by atoms with Crippen molar-refractivity contribution in [1.82, 2.24) is 29.7 Å². The Hall–Kier alpha value is -3.10. The van der Waals surface area contributed by atoms with Gasteiger partial charge in [0, 0.05) is 44.6 Å². The molecule has 1 aliphatic rings.